The van der Waals surface area contributed by atoms with Gasteiger partial charge in [0.1, 0.15) is 0 Å². The van der Waals surface area contributed by atoms with Crippen LogP contribution >= 0.6 is 0 Å². The molecule has 5 heteroatoms. The zero-order valence-corrected chi connectivity index (χ0v) is 11.9. The molecule has 2 saturated carbocycles. The van der Waals surface area contributed by atoms with E-state index in [0.717, 1.165) is 25.7 Å². The van der Waals surface area contributed by atoms with Crippen molar-refractivity contribution in [2.75, 3.05) is 7.05 Å². The normalized spacial score (nSPS) is 23.2. The molecule has 0 aromatic rings. The highest BCUT2D eigenvalue weighted by Crippen LogP contribution is 2.37. The topological polar surface area (TPSA) is 40.6 Å². The van der Waals surface area contributed by atoms with Crippen LogP contribution in [0.4, 0.5) is 0 Å². The van der Waals surface area contributed by atoms with Crippen LogP contribution in [-0.2, 0) is 10.2 Å². The highest BCUT2D eigenvalue weighted by atomic mass is 32.2. The Kier molecular flexibility index (Phi) is 3.80. The Balaban J connectivity index is 2.20. The van der Waals surface area contributed by atoms with Crippen molar-refractivity contribution in [1.82, 2.24) is 8.61 Å². The Morgan fingerprint density at radius 1 is 1.00 bits per heavy atom. The van der Waals surface area contributed by atoms with Gasteiger partial charge in [-0.25, -0.2) is 0 Å². The van der Waals surface area contributed by atoms with E-state index in [1.807, 2.05) is 18.2 Å². The van der Waals surface area contributed by atoms with Gasteiger partial charge in [0.2, 0.25) is 0 Å². The third kappa shape index (κ3) is 2.66. The van der Waals surface area contributed by atoms with Crippen molar-refractivity contribution >= 4 is 10.2 Å². The van der Waals surface area contributed by atoms with Gasteiger partial charge in [-0.15, -0.1) is 0 Å². The Hall–Kier alpha value is -0.130. The van der Waals surface area contributed by atoms with Crippen LogP contribution < -0.4 is 0 Å². The molecule has 2 aliphatic rings. The van der Waals surface area contributed by atoms with Gasteiger partial charge in [-0.2, -0.15) is 17.0 Å². The number of hydrogen-bond acceptors (Lipinski definition) is 2. The molecule has 17 heavy (non-hydrogen) atoms. The molecule has 0 bridgehead atoms. The van der Waals surface area contributed by atoms with E-state index in [-0.39, 0.29) is 18.1 Å². The monoisotopic (exact) mass is 260 g/mol. The van der Waals surface area contributed by atoms with Crippen molar-refractivity contribution < 1.29 is 8.42 Å². The molecule has 0 unspecified atom stereocenters. The number of rotatable bonds is 5. The molecular formula is C12H24N2O2S. The molecule has 0 spiro atoms. The minimum atomic E-state index is -3.25. The second-order valence-electron chi connectivity index (χ2n) is 5.62. The first kappa shape index (κ1) is 13.3. The van der Waals surface area contributed by atoms with Gasteiger partial charge < -0.3 is 0 Å². The van der Waals surface area contributed by atoms with E-state index in [1.54, 1.807) is 7.05 Å². The summed E-state index contributed by atoms with van der Waals surface area (Å²) in [4.78, 5) is 0. The molecule has 0 heterocycles. The maximum Gasteiger partial charge on any atom is 0.282 e. The summed E-state index contributed by atoms with van der Waals surface area (Å²) in [5.74, 6) is 0. The summed E-state index contributed by atoms with van der Waals surface area (Å²) in [7, 11) is -1.56. The van der Waals surface area contributed by atoms with Crippen LogP contribution in [0.25, 0.3) is 0 Å². The van der Waals surface area contributed by atoms with Crippen molar-refractivity contribution in [2.24, 2.45) is 0 Å². The fourth-order valence-electron chi connectivity index (χ4n) is 2.58. The van der Waals surface area contributed by atoms with Gasteiger partial charge >= 0.3 is 0 Å². The molecule has 100 valence electrons. The Bertz CT molecular complexity index is 357. The molecule has 2 rings (SSSR count). The molecule has 0 aliphatic heterocycles. The molecule has 0 radical (unpaired) electrons. The van der Waals surface area contributed by atoms with Crippen molar-refractivity contribution in [3.8, 4) is 0 Å². The maximum absolute atomic E-state index is 12.6. The first-order valence-corrected chi connectivity index (χ1v) is 8.10. The maximum atomic E-state index is 12.6. The van der Waals surface area contributed by atoms with Gasteiger partial charge in [-0.1, -0.05) is 12.8 Å². The second-order valence-corrected chi connectivity index (χ2v) is 7.51. The highest BCUT2D eigenvalue weighted by Gasteiger charge is 2.44. The summed E-state index contributed by atoms with van der Waals surface area (Å²) in [5, 5.41) is 0. The van der Waals surface area contributed by atoms with Crippen molar-refractivity contribution in [2.45, 2.75) is 70.5 Å². The van der Waals surface area contributed by atoms with Crippen LogP contribution in [0.2, 0.25) is 0 Å². The number of nitrogens with zero attached hydrogens (tertiary/aromatic N) is 2. The van der Waals surface area contributed by atoms with E-state index >= 15 is 0 Å². The van der Waals surface area contributed by atoms with E-state index in [1.165, 1.54) is 17.1 Å². The Morgan fingerprint density at radius 3 is 1.88 bits per heavy atom. The average Bonchev–Trinajstić information content (AvgIpc) is 2.92. The lowest BCUT2D eigenvalue weighted by atomic mass is 10.2. The first-order valence-electron chi connectivity index (χ1n) is 6.71. The lowest BCUT2D eigenvalue weighted by molar-refractivity contribution is 0.276. The highest BCUT2D eigenvalue weighted by molar-refractivity contribution is 7.86. The molecule has 2 aliphatic carbocycles. The molecule has 2 fully saturated rings. The van der Waals surface area contributed by atoms with E-state index in [4.69, 9.17) is 0 Å². The predicted octanol–water partition coefficient (Wildman–Crippen LogP) is 1.98. The minimum absolute atomic E-state index is 0.0302. The molecule has 0 aromatic carbocycles. The first-order chi connectivity index (χ1) is 7.94. The van der Waals surface area contributed by atoms with Crippen LogP contribution in [0.3, 0.4) is 0 Å². The molecule has 0 aromatic heterocycles. The summed E-state index contributed by atoms with van der Waals surface area (Å²) < 4.78 is 28.5. The number of hydrogen-bond donors (Lipinski definition) is 0. The summed E-state index contributed by atoms with van der Waals surface area (Å²) in [6, 6.07) is 0.570. The van der Waals surface area contributed by atoms with Gasteiger partial charge in [-0.3, -0.25) is 0 Å². The van der Waals surface area contributed by atoms with Crippen LogP contribution in [0.1, 0.15) is 52.4 Å². The SMILES string of the molecule is CC(C)N(C)S(=O)(=O)N(C1CCCC1)C1CC1. The van der Waals surface area contributed by atoms with Crippen molar-refractivity contribution in [3.63, 3.8) is 0 Å². The fraction of sp³-hybridized carbons (Fsp3) is 1.00. The predicted molar refractivity (Wildman–Crippen MR) is 68.9 cm³/mol. The van der Waals surface area contributed by atoms with E-state index < -0.39 is 10.2 Å². The van der Waals surface area contributed by atoms with E-state index in [2.05, 4.69) is 0 Å². The van der Waals surface area contributed by atoms with Crippen LogP contribution in [-0.4, -0.2) is 42.2 Å². The molecule has 0 N–H and O–H groups in total. The zero-order chi connectivity index (χ0) is 12.6. The lowest BCUT2D eigenvalue weighted by Gasteiger charge is -2.33. The molecule has 0 amide bonds. The Labute approximate surface area is 105 Å². The minimum Gasteiger partial charge on any atom is -0.195 e. The van der Waals surface area contributed by atoms with Crippen LogP contribution in [0.15, 0.2) is 0 Å². The van der Waals surface area contributed by atoms with Gasteiger partial charge in [-0.05, 0) is 39.5 Å². The summed E-state index contributed by atoms with van der Waals surface area (Å²) in [6.07, 6.45) is 6.52. The standard InChI is InChI=1S/C12H24N2O2S/c1-10(2)13(3)17(15,16)14(12-8-9-12)11-6-4-5-7-11/h10-12H,4-9H2,1-3H3. The summed E-state index contributed by atoms with van der Waals surface area (Å²) in [6.45, 7) is 3.86. The van der Waals surface area contributed by atoms with Crippen LogP contribution in [0.5, 0.6) is 0 Å². The average molecular weight is 260 g/mol. The third-order valence-corrected chi connectivity index (χ3v) is 6.23. The quantitative estimate of drug-likeness (QED) is 0.758. The van der Waals surface area contributed by atoms with Crippen molar-refractivity contribution in [3.05, 3.63) is 0 Å². The lowest BCUT2D eigenvalue weighted by Crippen LogP contribution is -2.49. The molecule has 0 saturated heterocycles. The molecular weight excluding hydrogens is 236 g/mol. The van der Waals surface area contributed by atoms with E-state index in [9.17, 15) is 8.42 Å². The molecule has 0 atom stereocenters. The van der Waals surface area contributed by atoms with Gasteiger partial charge in [0.05, 0.1) is 0 Å². The zero-order valence-electron chi connectivity index (χ0n) is 11.1. The fourth-order valence-corrected chi connectivity index (χ4v) is 4.58. The second kappa shape index (κ2) is 4.86. The molecule has 4 nitrogen and oxygen atoms in total. The van der Waals surface area contributed by atoms with Crippen LogP contribution in [0, 0.1) is 0 Å². The summed E-state index contributed by atoms with van der Waals surface area (Å²) in [5.41, 5.74) is 0. The summed E-state index contributed by atoms with van der Waals surface area (Å²) >= 11 is 0. The van der Waals surface area contributed by atoms with Gasteiger partial charge in [0.15, 0.2) is 0 Å². The third-order valence-electron chi connectivity index (χ3n) is 3.95. The Morgan fingerprint density at radius 2 is 1.47 bits per heavy atom. The van der Waals surface area contributed by atoms with E-state index in [0.29, 0.717) is 0 Å². The van der Waals surface area contributed by atoms with Crippen molar-refractivity contribution in [1.29, 1.82) is 0 Å². The van der Waals surface area contributed by atoms with Gasteiger partial charge in [0.25, 0.3) is 10.2 Å². The smallest absolute Gasteiger partial charge is 0.195 e. The largest absolute Gasteiger partial charge is 0.282 e. The van der Waals surface area contributed by atoms with Gasteiger partial charge in [0, 0.05) is 25.2 Å².